The van der Waals surface area contributed by atoms with E-state index < -0.39 is 6.10 Å². The molecule has 39 heavy (non-hydrogen) atoms. The molecule has 3 aromatic heterocycles. The first-order chi connectivity index (χ1) is 19.0. The van der Waals surface area contributed by atoms with Gasteiger partial charge in [0.2, 0.25) is 0 Å². The van der Waals surface area contributed by atoms with Crippen LogP contribution in [0, 0.1) is 11.7 Å². The summed E-state index contributed by atoms with van der Waals surface area (Å²) in [4.78, 5) is 4.58. The Morgan fingerprint density at radius 1 is 1.10 bits per heavy atom. The molecule has 4 aliphatic carbocycles. The molecular weight excluding hydrogens is 491 g/mol. The number of anilines is 1. The molecule has 9 rings (SSSR count). The zero-order chi connectivity index (χ0) is 26.0. The molecule has 3 saturated carbocycles. The molecule has 1 aromatic carbocycles. The predicted octanol–water partition coefficient (Wildman–Crippen LogP) is 6.30. The van der Waals surface area contributed by atoms with Crippen LogP contribution in [0.4, 0.5) is 10.2 Å². The maximum absolute atomic E-state index is 14.7. The van der Waals surface area contributed by atoms with Gasteiger partial charge in [0.05, 0.1) is 23.1 Å². The van der Waals surface area contributed by atoms with Gasteiger partial charge in [-0.2, -0.15) is 10.2 Å². The minimum Gasteiger partial charge on any atom is -0.482 e. The number of hydrogen-bond acceptors (Lipinski definition) is 5. The standard InChI is InChI=1S/C31H31FN6O/c1-16-22-11-19(32)4-7-21(22)27-24(15-37(35-27)20-5-6-20)23-12-31(8-9-31)29-26(23)28(38(36-29)14-17-2-3-17)18-10-25(39-16)30(33)34-13-18/h4,7,10-11,13,15-17,20,23H,2-3,5-6,8-9,12,14H2,1H3,(H2,33,34)/t16-,23?/m1/s1. The van der Waals surface area contributed by atoms with Gasteiger partial charge in [-0.1, -0.05) is 0 Å². The minimum absolute atomic E-state index is 0.141. The van der Waals surface area contributed by atoms with Crippen LogP contribution in [-0.2, 0) is 12.0 Å². The third kappa shape index (κ3) is 3.29. The number of nitrogens with zero attached hydrogens (tertiary/aromatic N) is 5. The number of halogens is 1. The van der Waals surface area contributed by atoms with E-state index in [9.17, 15) is 4.39 Å². The second kappa shape index (κ2) is 7.49. The molecule has 5 aliphatic rings. The van der Waals surface area contributed by atoms with Crippen molar-refractivity contribution in [1.29, 1.82) is 0 Å². The van der Waals surface area contributed by atoms with E-state index in [0.717, 1.165) is 53.9 Å². The van der Waals surface area contributed by atoms with Crippen molar-refractivity contribution in [3.8, 4) is 28.3 Å². The first-order valence-corrected chi connectivity index (χ1v) is 14.4. The molecule has 2 atom stereocenters. The van der Waals surface area contributed by atoms with Crippen LogP contribution in [0.1, 0.15) is 92.3 Å². The van der Waals surface area contributed by atoms with Gasteiger partial charge in [-0.15, -0.1) is 0 Å². The molecule has 8 heteroatoms. The predicted molar refractivity (Wildman–Crippen MR) is 145 cm³/mol. The van der Waals surface area contributed by atoms with Crippen molar-refractivity contribution in [2.24, 2.45) is 5.92 Å². The van der Waals surface area contributed by atoms with Crippen molar-refractivity contribution >= 4 is 5.82 Å². The van der Waals surface area contributed by atoms with Crippen LogP contribution in [0.3, 0.4) is 0 Å². The number of aromatic nitrogens is 5. The molecule has 1 spiro atoms. The number of nitrogens with two attached hydrogens (primary N) is 1. The summed E-state index contributed by atoms with van der Waals surface area (Å²) >= 11 is 0. The normalized spacial score (nSPS) is 23.8. The maximum atomic E-state index is 14.7. The van der Waals surface area contributed by atoms with Gasteiger partial charge in [0, 0.05) is 58.1 Å². The van der Waals surface area contributed by atoms with Crippen LogP contribution in [0.5, 0.6) is 5.75 Å². The van der Waals surface area contributed by atoms with Gasteiger partial charge in [0.15, 0.2) is 11.6 Å². The quantitative estimate of drug-likeness (QED) is 0.342. The van der Waals surface area contributed by atoms with E-state index in [1.54, 1.807) is 6.07 Å². The van der Waals surface area contributed by atoms with E-state index >= 15 is 0 Å². The average molecular weight is 523 g/mol. The zero-order valence-electron chi connectivity index (χ0n) is 22.0. The smallest absolute Gasteiger partial charge is 0.166 e. The molecule has 0 saturated heterocycles. The van der Waals surface area contributed by atoms with E-state index in [0.29, 0.717) is 23.5 Å². The van der Waals surface area contributed by atoms with E-state index in [1.807, 2.05) is 25.3 Å². The van der Waals surface area contributed by atoms with E-state index in [2.05, 4.69) is 20.5 Å². The van der Waals surface area contributed by atoms with E-state index in [1.165, 1.54) is 48.6 Å². The summed E-state index contributed by atoms with van der Waals surface area (Å²) in [7, 11) is 0. The fraction of sp³-hybridized carbons (Fsp3) is 0.452. The Kier molecular flexibility index (Phi) is 4.26. The van der Waals surface area contributed by atoms with Crippen molar-refractivity contribution in [3.63, 3.8) is 0 Å². The number of rotatable bonds is 3. The third-order valence-electron chi connectivity index (χ3n) is 9.64. The Bertz CT molecular complexity index is 1670. The minimum atomic E-state index is -0.446. The summed E-state index contributed by atoms with van der Waals surface area (Å²) in [6.07, 6.45) is 11.9. The Hall–Kier alpha value is -3.68. The fourth-order valence-corrected chi connectivity index (χ4v) is 7.04. The highest BCUT2D eigenvalue weighted by molar-refractivity contribution is 5.76. The van der Waals surface area contributed by atoms with Gasteiger partial charge in [-0.3, -0.25) is 9.36 Å². The summed E-state index contributed by atoms with van der Waals surface area (Å²) in [5.74, 6) is 1.41. The number of benzene rings is 1. The van der Waals surface area contributed by atoms with Gasteiger partial charge in [0.1, 0.15) is 11.9 Å². The van der Waals surface area contributed by atoms with E-state index in [-0.39, 0.29) is 17.2 Å². The second-order valence-corrected chi connectivity index (χ2v) is 12.5. The van der Waals surface area contributed by atoms with Crippen LogP contribution < -0.4 is 10.5 Å². The molecule has 0 radical (unpaired) electrons. The van der Waals surface area contributed by atoms with Crippen molar-refractivity contribution in [2.45, 2.75) is 81.9 Å². The average Bonchev–Trinajstić information content (AvgIpc) is 3.85. The Balaban J connectivity index is 1.36. The van der Waals surface area contributed by atoms with Gasteiger partial charge in [-0.25, -0.2) is 9.37 Å². The van der Waals surface area contributed by atoms with Crippen molar-refractivity contribution in [1.82, 2.24) is 24.5 Å². The van der Waals surface area contributed by atoms with Gasteiger partial charge >= 0.3 is 0 Å². The summed E-state index contributed by atoms with van der Waals surface area (Å²) in [6.45, 7) is 2.88. The van der Waals surface area contributed by atoms with Crippen LogP contribution in [0.2, 0.25) is 0 Å². The second-order valence-electron chi connectivity index (χ2n) is 12.5. The maximum Gasteiger partial charge on any atom is 0.166 e. The van der Waals surface area contributed by atoms with Crippen molar-refractivity contribution < 1.29 is 9.13 Å². The molecule has 0 amide bonds. The molecule has 2 bridgehead atoms. The highest BCUT2D eigenvalue weighted by Gasteiger charge is 2.57. The largest absolute Gasteiger partial charge is 0.482 e. The summed E-state index contributed by atoms with van der Waals surface area (Å²) in [5, 5.41) is 10.5. The first kappa shape index (κ1) is 22.2. The zero-order valence-corrected chi connectivity index (χ0v) is 22.0. The van der Waals surface area contributed by atoms with Gasteiger partial charge < -0.3 is 10.5 Å². The van der Waals surface area contributed by atoms with Gasteiger partial charge in [-0.05, 0) is 82.1 Å². The molecule has 7 nitrogen and oxygen atoms in total. The highest BCUT2D eigenvalue weighted by Crippen LogP contribution is 2.64. The molecule has 198 valence electrons. The number of ether oxygens (including phenoxy) is 1. The summed E-state index contributed by atoms with van der Waals surface area (Å²) in [6, 6.07) is 7.45. The number of pyridine rings is 1. The number of hydrogen-bond donors (Lipinski definition) is 1. The highest BCUT2D eigenvalue weighted by atomic mass is 19.1. The first-order valence-electron chi connectivity index (χ1n) is 14.4. The topological polar surface area (TPSA) is 83.8 Å². The third-order valence-corrected chi connectivity index (χ3v) is 9.64. The lowest BCUT2D eigenvalue weighted by atomic mass is 9.87. The molecule has 1 aliphatic heterocycles. The fourth-order valence-electron chi connectivity index (χ4n) is 7.04. The molecule has 3 fully saturated rings. The molecular formula is C31H31FN6O. The van der Waals surface area contributed by atoms with Crippen LogP contribution in [-0.4, -0.2) is 24.5 Å². The van der Waals surface area contributed by atoms with Crippen LogP contribution in [0.25, 0.3) is 22.5 Å². The van der Waals surface area contributed by atoms with Crippen molar-refractivity contribution in [2.75, 3.05) is 5.73 Å². The summed E-state index contributed by atoms with van der Waals surface area (Å²) in [5.41, 5.74) is 15.1. The lowest BCUT2D eigenvalue weighted by molar-refractivity contribution is 0.227. The molecule has 1 unspecified atom stereocenters. The SMILES string of the molecule is C[C@H]1Oc2cc(cnc2N)-c2c3c(nn2CC2CC2)C2(CC2)CC3c2cn(C3CC3)nc2-c2ccc(F)cc21. The lowest BCUT2D eigenvalue weighted by Gasteiger charge is -2.23. The Morgan fingerprint density at radius 3 is 2.72 bits per heavy atom. The Labute approximate surface area is 226 Å². The lowest BCUT2D eigenvalue weighted by Crippen LogP contribution is -2.12. The Morgan fingerprint density at radius 2 is 1.95 bits per heavy atom. The molecule has 2 N–H and O–H groups in total. The van der Waals surface area contributed by atoms with Crippen LogP contribution >= 0.6 is 0 Å². The monoisotopic (exact) mass is 522 g/mol. The van der Waals surface area contributed by atoms with Crippen LogP contribution in [0.15, 0.2) is 36.7 Å². The molecule has 4 aromatic rings. The molecule has 4 heterocycles. The number of fused-ring (bicyclic) bond motifs is 8. The van der Waals surface area contributed by atoms with Gasteiger partial charge in [0.25, 0.3) is 0 Å². The number of nitrogen functional groups attached to an aromatic ring is 1. The van der Waals surface area contributed by atoms with Crippen molar-refractivity contribution in [3.05, 3.63) is 64.9 Å². The summed E-state index contributed by atoms with van der Waals surface area (Å²) < 4.78 is 25.6. The van der Waals surface area contributed by atoms with E-state index in [4.69, 9.17) is 20.7 Å².